The zero-order valence-electron chi connectivity index (χ0n) is 16.3. The SMILES string of the molecule is CCN1CCCCC1CNC(=NC)NCCCOCC1CCOCC1. The number of likely N-dealkylation sites (N-methyl/N-ethyl adjacent to an activating group) is 1. The Morgan fingerprint density at radius 3 is 2.80 bits per heavy atom. The average molecular weight is 355 g/mol. The van der Waals surface area contributed by atoms with Gasteiger partial charge in [0, 0.05) is 52.6 Å². The number of rotatable bonds is 9. The Hall–Kier alpha value is -0.850. The minimum absolute atomic E-state index is 0.639. The number of piperidine rings is 1. The van der Waals surface area contributed by atoms with Crippen molar-refractivity contribution in [2.45, 2.75) is 51.5 Å². The molecule has 0 spiro atoms. The van der Waals surface area contributed by atoms with Crippen LogP contribution in [0.3, 0.4) is 0 Å². The van der Waals surface area contributed by atoms with Gasteiger partial charge in [-0.05, 0) is 51.1 Å². The summed E-state index contributed by atoms with van der Waals surface area (Å²) in [5, 5.41) is 6.89. The summed E-state index contributed by atoms with van der Waals surface area (Å²) >= 11 is 0. The van der Waals surface area contributed by atoms with Gasteiger partial charge >= 0.3 is 0 Å². The molecule has 0 aromatic rings. The fourth-order valence-electron chi connectivity index (χ4n) is 3.69. The smallest absolute Gasteiger partial charge is 0.191 e. The van der Waals surface area contributed by atoms with Gasteiger partial charge in [-0.15, -0.1) is 0 Å². The largest absolute Gasteiger partial charge is 0.381 e. The number of aliphatic imine (C=N–C) groups is 1. The maximum Gasteiger partial charge on any atom is 0.191 e. The van der Waals surface area contributed by atoms with Crippen molar-refractivity contribution < 1.29 is 9.47 Å². The fraction of sp³-hybridized carbons (Fsp3) is 0.947. The van der Waals surface area contributed by atoms with E-state index in [4.69, 9.17) is 9.47 Å². The van der Waals surface area contributed by atoms with E-state index < -0.39 is 0 Å². The summed E-state index contributed by atoms with van der Waals surface area (Å²) in [6, 6.07) is 0.639. The molecule has 0 saturated carbocycles. The van der Waals surface area contributed by atoms with E-state index in [1.165, 1.54) is 25.8 Å². The van der Waals surface area contributed by atoms with E-state index in [1.807, 2.05) is 7.05 Å². The second kappa shape index (κ2) is 12.5. The van der Waals surface area contributed by atoms with Crippen LogP contribution in [0, 0.1) is 5.92 Å². The van der Waals surface area contributed by atoms with E-state index in [1.54, 1.807) is 0 Å². The Bertz CT molecular complexity index is 372. The Morgan fingerprint density at radius 1 is 1.20 bits per heavy atom. The van der Waals surface area contributed by atoms with E-state index in [0.717, 1.165) is 71.3 Å². The number of likely N-dealkylation sites (tertiary alicyclic amines) is 1. The monoisotopic (exact) mass is 354 g/mol. The third-order valence-electron chi connectivity index (χ3n) is 5.34. The average Bonchev–Trinajstić information content (AvgIpc) is 2.68. The van der Waals surface area contributed by atoms with E-state index in [2.05, 4.69) is 27.4 Å². The molecule has 2 aliphatic heterocycles. The van der Waals surface area contributed by atoms with Gasteiger partial charge in [0.1, 0.15) is 0 Å². The molecule has 2 rings (SSSR count). The van der Waals surface area contributed by atoms with Crippen molar-refractivity contribution in [2.24, 2.45) is 10.9 Å². The second-order valence-electron chi connectivity index (χ2n) is 7.14. The molecular weight excluding hydrogens is 316 g/mol. The molecule has 1 unspecified atom stereocenters. The molecule has 6 heteroatoms. The van der Waals surface area contributed by atoms with Gasteiger partial charge in [0.05, 0.1) is 0 Å². The first-order valence-corrected chi connectivity index (χ1v) is 10.2. The minimum atomic E-state index is 0.639. The highest BCUT2D eigenvalue weighted by Crippen LogP contribution is 2.16. The number of hydrogen-bond acceptors (Lipinski definition) is 4. The topological polar surface area (TPSA) is 58.1 Å². The van der Waals surface area contributed by atoms with Crippen LogP contribution in [0.5, 0.6) is 0 Å². The third-order valence-corrected chi connectivity index (χ3v) is 5.34. The molecule has 0 bridgehead atoms. The van der Waals surface area contributed by atoms with Gasteiger partial charge < -0.3 is 20.1 Å². The van der Waals surface area contributed by atoms with Gasteiger partial charge in [-0.2, -0.15) is 0 Å². The first-order chi connectivity index (χ1) is 12.3. The van der Waals surface area contributed by atoms with Crippen LogP contribution in [0.15, 0.2) is 4.99 Å². The van der Waals surface area contributed by atoms with Gasteiger partial charge in [-0.3, -0.25) is 9.89 Å². The van der Waals surface area contributed by atoms with Crippen molar-refractivity contribution in [3.05, 3.63) is 0 Å². The quantitative estimate of drug-likeness (QED) is 0.376. The van der Waals surface area contributed by atoms with Crippen LogP contribution in [0.2, 0.25) is 0 Å². The summed E-state index contributed by atoms with van der Waals surface area (Å²) in [4.78, 5) is 6.91. The van der Waals surface area contributed by atoms with E-state index in [9.17, 15) is 0 Å². The first-order valence-electron chi connectivity index (χ1n) is 10.2. The summed E-state index contributed by atoms with van der Waals surface area (Å²) in [7, 11) is 1.84. The molecule has 6 nitrogen and oxygen atoms in total. The summed E-state index contributed by atoms with van der Waals surface area (Å²) < 4.78 is 11.2. The zero-order valence-corrected chi connectivity index (χ0v) is 16.3. The number of nitrogens with one attached hydrogen (secondary N) is 2. The van der Waals surface area contributed by atoms with Crippen LogP contribution >= 0.6 is 0 Å². The van der Waals surface area contributed by atoms with Crippen molar-refractivity contribution >= 4 is 5.96 Å². The lowest BCUT2D eigenvalue weighted by Gasteiger charge is -2.35. The summed E-state index contributed by atoms with van der Waals surface area (Å²) in [5.74, 6) is 1.60. The van der Waals surface area contributed by atoms with Crippen molar-refractivity contribution in [1.29, 1.82) is 0 Å². The van der Waals surface area contributed by atoms with Crippen LogP contribution < -0.4 is 10.6 Å². The normalized spacial score (nSPS) is 23.6. The Kier molecular flexibility index (Phi) is 10.2. The van der Waals surface area contributed by atoms with Crippen LogP contribution in [-0.4, -0.2) is 76.6 Å². The molecule has 146 valence electrons. The summed E-state index contributed by atoms with van der Waals surface area (Å²) in [5.41, 5.74) is 0. The van der Waals surface area contributed by atoms with Crippen molar-refractivity contribution in [1.82, 2.24) is 15.5 Å². The molecule has 2 saturated heterocycles. The van der Waals surface area contributed by atoms with Crippen molar-refractivity contribution in [3.63, 3.8) is 0 Å². The van der Waals surface area contributed by atoms with Crippen LogP contribution in [-0.2, 0) is 9.47 Å². The summed E-state index contributed by atoms with van der Waals surface area (Å²) in [6.45, 7) is 10.00. The number of ether oxygens (including phenoxy) is 2. The van der Waals surface area contributed by atoms with Crippen molar-refractivity contribution in [2.75, 3.05) is 59.7 Å². The van der Waals surface area contributed by atoms with E-state index in [-0.39, 0.29) is 0 Å². The van der Waals surface area contributed by atoms with Gasteiger partial charge in [-0.1, -0.05) is 13.3 Å². The van der Waals surface area contributed by atoms with E-state index in [0.29, 0.717) is 12.0 Å². The zero-order chi connectivity index (χ0) is 17.7. The second-order valence-corrected chi connectivity index (χ2v) is 7.14. The molecule has 0 amide bonds. The fourth-order valence-corrected chi connectivity index (χ4v) is 3.69. The molecule has 0 radical (unpaired) electrons. The minimum Gasteiger partial charge on any atom is -0.381 e. The maximum absolute atomic E-state index is 5.81. The lowest BCUT2D eigenvalue weighted by Crippen LogP contribution is -2.49. The van der Waals surface area contributed by atoms with Crippen LogP contribution in [0.1, 0.15) is 45.4 Å². The predicted molar refractivity (Wildman–Crippen MR) is 103 cm³/mol. The molecule has 2 N–H and O–H groups in total. The maximum atomic E-state index is 5.81. The highest BCUT2D eigenvalue weighted by Gasteiger charge is 2.20. The molecular formula is C19H38N4O2. The summed E-state index contributed by atoms with van der Waals surface area (Å²) in [6.07, 6.45) is 7.27. The predicted octanol–water partition coefficient (Wildman–Crippen LogP) is 1.86. The molecule has 0 aromatic heterocycles. The molecule has 25 heavy (non-hydrogen) atoms. The first kappa shape index (κ1) is 20.5. The van der Waals surface area contributed by atoms with Gasteiger partial charge in [0.2, 0.25) is 0 Å². The van der Waals surface area contributed by atoms with E-state index >= 15 is 0 Å². The third kappa shape index (κ3) is 7.92. The Morgan fingerprint density at radius 2 is 2.04 bits per heavy atom. The number of guanidine groups is 1. The molecule has 0 aliphatic carbocycles. The van der Waals surface area contributed by atoms with Gasteiger partial charge in [0.25, 0.3) is 0 Å². The Balaban J connectivity index is 1.51. The molecule has 2 fully saturated rings. The van der Waals surface area contributed by atoms with Gasteiger partial charge in [0.15, 0.2) is 5.96 Å². The lowest BCUT2D eigenvalue weighted by molar-refractivity contribution is 0.0203. The van der Waals surface area contributed by atoms with Crippen molar-refractivity contribution in [3.8, 4) is 0 Å². The van der Waals surface area contributed by atoms with Crippen LogP contribution in [0.25, 0.3) is 0 Å². The lowest BCUT2D eigenvalue weighted by atomic mass is 10.0. The Labute approximate surface area is 153 Å². The molecule has 2 heterocycles. The number of nitrogens with zero attached hydrogens (tertiary/aromatic N) is 2. The molecule has 2 aliphatic rings. The highest BCUT2D eigenvalue weighted by atomic mass is 16.5. The molecule has 1 atom stereocenters. The molecule has 0 aromatic carbocycles. The standard InChI is InChI=1S/C19H38N4O2/c1-3-23-11-5-4-7-18(23)15-22-19(20-2)21-10-6-12-25-16-17-8-13-24-14-9-17/h17-18H,3-16H2,1-2H3,(H2,20,21,22). The highest BCUT2D eigenvalue weighted by molar-refractivity contribution is 5.79. The van der Waals surface area contributed by atoms with Crippen LogP contribution in [0.4, 0.5) is 0 Å². The number of hydrogen-bond donors (Lipinski definition) is 2. The van der Waals surface area contributed by atoms with Gasteiger partial charge in [-0.25, -0.2) is 0 Å².